The molecule has 1 aromatic heterocycles. The van der Waals surface area contributed by atoms with E-state index >= 15 is 0 Å². The maximum atomic E-state index is 13.1. The van der Waals surface area contributed by atoms with E-state index in [1.807, 2.05) is 89.5 Å². The van der Waals surface area contributed by atoms with Crippen molar-refractivity contribution in [1.82, 2.24) is 25.0 Å². The zero-order valence-electron chi connectivity index (χ0n) is 23.9. The van der Waals surface area contributed by atoms with Gasteiger partial charge in [-0.2, -0.15) is 0 Å². The van der Waals surface area contributed by atoms with Crippen molar-refractivity contribution in [2.45, 2.75) is 59.2 Å². The van der Waals surface area contributed by atoms with Crippen molar-refractivity contribution in [3.63, 3.8) is 0 Å². The monoisotopic (exact) mass is 584 g/mol. The number of benzene rings is 3. The van der Waals surface area contributed by atoms with Gasteiger partial charge in [0.1, 0.15) is 12.6 Å². The van der Waals surface area contributed by atoms with Crippen LogP contribution in [0.2, 0.25) is 0 Å². The number of nitrogens with zero attached hydrogens (tertiary/aromatic N) is 4. The molecule has 10 nitrogen and oxygen atoms in total. The maximum Gasteiger partial charge on any atom is 0.410 e. The first-order chi connectivity index (χ1) is 20.3. The van der Waals surface area contributed by atoms with E-state index in [0.717, 1.165) is 22.3 Å². The first-order valence-electron chi connectivity index (χ1n) is 14.0. The molecular formula is C33H40N6O4. The highest BCUT2D eigenvalue weighted by Gasteiger charge is 2.32. The Morgan fingerprint density at radius 2 is 1.60 bits per heavy atom. The van der Waals surface area contributed by atoms with E-state index in [4.69, 9.17) is 15.2 Å². The molecule has 226 valence electrons. The summed E-state index contributed by atoms with van der Waals surface area (Å²) in [5.41, 5.74) is 9.00. The Bertz CT molecular complexity index is 1500. The van der Waals surface area contributed by atoms with E-state index in [2.05, 4.69) is 15.5 Å². The Morgan fingerprint density at radius 3 is 2.33 bits per heavy atom. The molecule has 0 spiro atoms. The van der Waals surface area contributed by atoms with Gasteiger partial charge in [0.25, 0.3) is 0 Å². The molecule has 2 heterocycles. The van der Waals surface area contributed by atoms with Crippen LogP contribution in [0.5, 0.6) is 0 Å². The summed E-state index contributed by atoms with van der Waals surface area (Å²) in [4.78, 5) is 27.5. The molecule has 0 bridgehead atoms. The summed E-state index contributed by atoms with van der Waals surface area (Å²) in [7, 11) is 0. The van der Waals surface area contributed by atoms with Crippen molar-refractivity contribution in [2.24, 2.45) is 5.73 Å². The molecule has 3 aromatic carbocycles. The van der Waals surface area contributed by atoms with Gasteiger partial charge in [-0.05, 0) is 36.1 Å². The molecule has 0 aliphatic carbocycles. The summed E-state index contributed by atoms with van der Waals surface area (Å²) in [6.45, 7) is 5.10. The lowest BCUT2D eigenvalue weighted by Crippen LogP contribution is -2.51. The van der Waals surface area contributed by atoms with E-state index in [1.54, 1.807) is 18.7 Å². The van der Waals surface area contributed by atoms with E-state index in [1.165, 1.54) is 0 Å². The molecule has 1 aliphatic heterocycles. The molecule has 43 heavy (non-hydrogen) atoms. The molecule has 0 radical (unpaired) electrons. The third-order valence-corrected chi connectivity index (χ3v) is 7.09. The minimum atomic E-state index is -1.08. The molecule has 5 rings (SSSR count). The van der Waals surface area contributed by atoms with Gasteiger partial charge in [0.05, 0.1) is 25.3 Å². The highest BCUT2D eigenvalue weighted by atomic mass is 16.6. The van der Waals surface area contributed by atoms with E-state index in [9.17, 15) is 9.59 Å². The number of carbonyl (C=O) groups is 2. The lowest BCUT2D eigenvalue weighted by Gasteiger charge is -2.29. The number of nitrogens with one attached hydrogen (secondary N) is 1. The van der Waals surface area contributed by atoms with Crippen LogP contribution in [-0.4, -0.2) is 50.4 Å². The van der Waals surface area contributed by atoms with Crippen molar-refractivity contribution in [2.75, 3.05) is 13.2 Å². The largest absolute Gasteiger partial charge is 0.445 e. The highest BCUT2D eigenvalue weighted by molar-refractivity contribution is 5.85. The van der Waals surface area contributed by atoms with Crippen molar-refractivity contribution in [3.8, 4) is 11.1 Å². The van der Waals surface area contributed by atoms with Gasteiger partial charge in [0, 0.05) is 13.1 Å². The summed E-state index contributed by atoms with van der Waals surface area (Å²) >= 11 is 0. The maximum absolute atomic E-state index is 13.1. The minimum Gasteiger partial charge on any atom is -0.445 e. The van der Waals surface area contributed by atoms with Gasteiger partial charge in [-0.25, -0.2) is 4.79 Å². The average Bonchev–Trinajstić information content (AvgIpc) is 3.43. The van der Waals surface area contributed by atoms with Crippen molar-refractivity contribution >= 4 is 12.0 Å². The number of carbonyl (C=O) groups excluding carboxylic acids is 2. The Balaban J connectivity index is 0.00000423. The number of amides is 2. The second kappa shape index (κ2) is 14.1. The second-order valence-electron chi connectivity index (χ2n) is 10.9. The van der Waals surface area contributed by atoms with Crippen LogP contribution >= 0.6 is 0 Å². The summed E-state index contributed by atoms with van der Waals surface area (Å²) < 4.78 is 13.6. The van der Waals surface area contributed by atoms with E-state index in [0.29, 0.717) is 31.3 Å². The second-order valence-corrected chi connectivity index (χ2v) is 10.9. The molecule has 0 unspecified atom stereocenters. The lowest BCUT2D eigenvalue weighted by atomic mass is 10.0. The molecule has 0 fully saturated rings. The number of ether oxygens (including phenoxy) is 2. The predicted octanol–water partition coefficient (Wildman–Crippen LogP) is 4.85. The molecule has 1 aliphatic rings. The molecule has 0 saturated heterocycles. The van der Waals surface area contributed by atoms with Gasteiger partial charge in [0.15, 0.2) is 11.6 Å². The van der Waals surface area contributed by atoms with Crippen LogP contribution in [0.15, 0.2) is 84.9 Å². The number of hydrogen-bond donors (Lipinski definition) is 2. The summed E-state index contributed by atoms with van der Waals surface area (Å²) in [5.74, 6) is 0.831. The van der Waals surface area contributed by atoms with Gasteiger partial charge >= 0.3 is 6.09 Å². The number of rotatable bonds is 10. The van der Waals surface area contributed by atoms with Gasteiger partial charge in [-0.3, -0.25) is 9.69 Å². The van der Waals surface area contributed by atoms with E-state index in [-0.39, 0.29) is 33.1 Å². The molecule has 0 saturated carbocycles. The first kappa shape index (κ1) is 31.4. The molecule has 1 atom stereocenters. The lowest BCUT2D eigenvalue weighted by molar-refractivity contribution is -0.126. The Morgan fingerprint density at radius 1 is 0.930 bits per heavy atom. The standard InChI is InChI=1S/C32H36N6O4.CH4/c1-32(2,33)30(39)34-27(22-41-20-23-11-5-3-6-12-23)29-36-35-28-19-37(17-18-38(28)29)31(40)42-21-25-15-9-10-16-26(25)24-13-7-4-8-14-24;/h3-16,27H,17-22,33H2,1-2H3,(H,34,39);1H4/t27-;/m1./s1. The topological polar surface area (TPSA) is 125 Å². The van der Waals surface area contributed by atoms with Crippen LogP contribution in [-0.2, 0) is 40.6 Å². The Kier molecular flexibility index (Phi) is 10.3. The third kappa shape index (κ3) is 7.85. The SMILES string of the molecule is C.CC(C)(N)C(=O)N[C@H](COCc1ccccc1)c1nnc2n1CCN(C(=O)OCc1ccccc1-c1ccccc1)C2. The molecular weight excluding hydrogens is 544 g/mol. The van der Waals surface area contributed by atoms with Crippen LogP contribution in [0.25, 0.3) is 11.1 Å². The zero-order valence-corrected chi connectivity index (χ0v) is 23.9. The number of nitrogens with two attached hydrogens (primary N) is 1. The van der Waals surface area contributed by atoms with E-state index < -0.39 is 17.7 Å². The minimum absolute atomic E-state index is 0. The highest BCUT2D eigenvalue weighted by Crippen LogP contribution is 2.25. The number of aromatic nitrogens is 3. The van der Waals surface area contributed by atoms with Gasteiger partial charge in [-0.15, -0.1) is 10.2 Å². The Labute approximate surface area is 252 Å². The number of hydrogen-bond acceptors (Lipinski definition) is 7. The normalized spacial score (nSPS) is 13.4. The van der Waals surface area contributed by atoms with Crippen molar-refractivity contribution in [1.29, 1.82) is 0 Å². The molecule has 4 aromatic rings. The fourth-order valence-electron chi connectivity index (χ4n) is 4.76. The van der Waals surface area contributed by atoms with Crippen LogP contribution in [0, 0.1) is 0 Å². The van der Waals surface area contributed by atoms with Crippen molar-refractivity contribution in [3.05, 3.63) is 108 Å². The Hall–Kier alpha value is -4.54. The van der Waals surface area contributed by atoms with Crippen LogP contribution < -0.4 is 11.1 Å². The summed E-state index contributed by atoms with van der Waals surface area (Å²) in [5, 5.41) is 11.7. The van der Waals surface area contributed by atoms with Crippen LogP contribution in [0.1, 0.15) is 50.1 Å². The van der Waals surface area contributed by atoms with Gasteiger partial charge < -0.3 is 25.1 Å². The number of fused-ring (bicyclic) bond motifs is 1. The molecule has 3 N–H and O–H groups in total. The first-order valence-corrected chi connectivity index (χ1v) is 14.0. The fraction of sp³-hybridized carbons (Fsp3) is 0.333. The zero-order chi connectivity index (χ0) is 29.5. The molecule has 10 heteroatoms. The van der Waals surface area contributed by atoms with Gasteiger partial charge in [-0.1, -0.05) is 92.4 Å². The van der Waals surface area contributed by atoms with Crippen LogP contribution in [0.3, 0.4) is 0 Å². The van der Waals surface area contributed by atoms with Gasteiger partial charge in [0.2, 0.25) is 5.91 Å². The smallest absolute Gasteiger partial charge is 0.410 e. The quantitative estimate of drug-likeness (QED) is 0.273. The third-order valence-electron chi connectivity index (χ3n) is 7.09. The fourth-order valence-corrected chi connectivity index (χ4v) is 4.76. The summed E-state index contributed by atoms with van der Waals surface area (Å²) in [6.07, 6.45) is -0.422. The van der Waals surface area contributed by atoms with Crippen LogP contribution in [0.4, 0.5) is 4.79 Å². The average molecular weight is 585 g/mol. The predicted molar refractivity (Wildman–Crippen MR) is 164 cm³/mol. The summed E-state index contributed by atoms with van der Waals surface area (Å²) in [6, 6.07) is 27.1. The van der Waals surface area contributed by atoms with Crippen molar-refractivity contribution < 1.29 is 19.1 Å². The molecule has 2 amide bonds.